The maximum Gasteiger partial charge on any atom is 0.0638 e. The van der Waals surface area contributed by atoms with Crippen LogP contribution in [0.15, 0.2) is 23.4 Å². The van der Waals surface area contributed by atoms with E-state index in [2.05, 4.69) is 4.98 Å². The Morgan fingerprint density at radius 3 is 3.00 bits per heavy atom. The minimum absolute atomic E-state index is 0.774. The standard InChI is InChI=1S/C11H16N2OS/c12-10-7-13-4-1-11(10)15-8-9-2-5-14-6-3-9/h1,4,7,9H,2-3,5-6,8,12H2. The van der Waals surface area contributed by atoms with E-state index in [1.54, 1.807) is 12.4 Å². The number of rotatable bonds is 3. The van der Waals surface area contributed by atoms with E-state index in [0.29, 0.717) is 0 Å². The van der Waals surface area contributed by atoms with Crippen molar-refractivity contribution in [3.05, 3.63) is 18.5 Å². The predicted octanol–water partition coefficient (Wildman–Crippen LogP) is 2.18. The molecule has 3 nitrogen and oxygen atoms in total. The Kier molecular flexibility index (Phi) is 3.86. The smallest absolute Gasteiger partial charge is 0.0638 e. The van der Waals surface area contributed by atoms with E-state index < -0.39 is 0 Å². The molecule has 2 N–H and O–H groups in total. The van der Waals surface area contributed by atoms with Gasteiger partial charge in [0.05, 0.1) is 11.9 Å². The third-order valence-corrected chi connectivity index (χ3v) is 3.95. The summed E-state index contributed by atoms with van der Waals surface area (Å²) >= 11 is 1.83. The zero-order valence-corrected chi connectivity index (χ0v) is 9.50. The first-order chi connectivity index (χ1) is 7.36. The molecule has 2 rings (SSSR count). The molecule has 1 aromatic rings. The van der Waals surface area contributed by atoms with Gasteiger partial charge in [-0.1, -0.05) is 0 Å². The Labute approximate surface area is 94.4 Å². The Bertz CT molecular complexity index is 313. The lowest BCUT2D eigenvalue weighted by atomic mass is 10.0. The molecule has 0 spiro atoms. The molecule has 1 aliphatic heterocycles. The Balaban J connectivity index is 1.84. The lowest BCUT2D eigenvalue weighted by molar-refractivity contribution is 0.0728. The van der Waals surface area contributed by atoms with Crippen molar-refractivity contribution in [2.75, 3.05) is 24.7 Å². The number of thioether (sulfide) groups is 1. The van der Waals surface area contributed by atoms with Crippen LogP contribution in [-0.2, 0) is 4.74 Å². The summed E-state index contributed by atoms with van der Waals surface area (Å²) in [5.74, 6) is 1.91. The number of aromatic nitrogens is 1. The highest BCUT2D eigenvalue weighted by atomic mass is 32.2. The SMILES string of the molecule is Nc1cnccc1SCC1CCOCC1. The number of anilines is 1. The normalized spacial score (nSPS) is 17.9. The van der Waals surface area contributed by atoms with Crippen molar-refractivity contribution in [2.24, 2.45) is 5.92 Å². The van der Waals surface area contributed by atoms with E-state index in [-0.39, 0.29) is 0 Å². The van der Waals surface area contributed by atoms with Gasteiger partial charge in [0.2, 0.25) is 0 Å². The molecule has 0 aromatic carbocycles. The molecule has 15 heavy (non-hydrogen) atoms. The van der Waals surface area contributed by atoms with Crippen LogP contribution in [0, 0.1) is 5.92 Å². The molecule has 4 heteroatoms. The summed E-state index contributed by atoms with van der Waals surface area (Å²) in [6.07, 6.45) is 5.87. The fraction of sp³-hybridized carbons (Fsp3) is 0.545. The number of nitrogen functional groups attached to an aromatic ring is 1. The Morgan fingerprint density at radius 2 is 2.27 bits per heavy atom. The molecular formula is C11H16N2OS. The van der Waals surface area contributed by atoms with Crippen LogP contribution < -0.4 is 5.73 Å². The average molecular weight is 224 g/mol. The summed E-state index contributed by atoms with van der Waals surface area (Å²) in [5, 5.41) is 0. The van der Waals surface area contributed by atoms with Gasteiger partial charge in [-0.25, -0.2) is 0 Å². The second-order valence-corrected chi connectivity index (χ2v) is 4.84. The highest BCUT2D eigenvalue weighted by Crippen LogP contribution is 2.28. The van der Waals surface area contributed by atoms with Crippen molar-refractivity contribution in [3.8, 4) is 0 Å². The number of hydrogen-bond donors (Lipinski definition) is 1. The van der Waals surface area contributed by atoms with Gasteiger partial charge in [-0.3, -0.25) is 4.98 Å². The highest BCUT2D eigenvalue weighted by Gasteiger charge is 2.14. The number of pyridine rings is 1. The monoisotopic (exact) mass is 224 g/mol. The van der Waals surface area contributed by atoms with Crippen LogP contribution in [0.1, 0.15) is 12.8 Å². The van der Waals surface area contributed by atoms with Gasteiger partial charge in [0, 0.05) is 30.1 Å². The van der Waals surface area contributed by atoms with E-state index in [4.69, 9.17) is 10.5 Å². The van der Waals surface area contributed by atoms with Crippen LogP contribution >= 0.6 is 11.8 Å². The van der Waals surface area contributed by atoms with Gasteiger partial charge in [0.25, 0.3) is 0 Å². The van der Waals surface area contributed by atoms with Crippen molar-refractivity contribution in [2.45, 2.75) is 17.7 Å². The highest BCUT2D eigenvalue weighted by molar-refractivity contribution is 7.99. The quantitative estimate of drug-likeness (QED) is 0.799. The third-order valence-electron chi connectivity index (χ3n) is 2.63. The summed E-state index contributed by atoms with van der Waals surface area (Å²) in [7, 11) is 0. The summed E-state index contributed by atoms with van der Waals surface area (Å²) in [5.41, 5.74) is 6.61. The largest absolute Gasteiger partial charge is 0.397 e. The molecule has 2 heterocycles. The molecule has 0 amide bonds. The Morgan fingerprint density at radius 1 is 1.47 bits per heavy atom. The van der Waals surface area contributed by atoms with Gasteiger partial charge in [0.1, 0.15) is 0 Å². The first kappa shape index (κ1) is 10.8. The summed E-state index contributed by atoms with van der Waals surface area (Å²) in [4.78, 5) is 5.13. The number of ether oxygens (including phenoxy) is 1. The van der Waals surface area contributed by atoms with Crippen molar-refractivity contribution in [1.29, 1.82) is 0 Å². The van der Waals surface area contributed by atoms with Crippen molar-refractivity contribution >= 4 is 17.4 Å². The van der Waals surface area contributed by atoms with Crippen molar-refractivity contribution in [1.82, 2.24) is 4.98 Å². The van der Waals surface area contributed by atoms with Crippen LogP contribution in [0.5, 0.6) is 0 Å². The molecule has 1 fully saturated rings. The first-order valence-electron chi connectivity index (χ1n) is 5.26. The van der Waals surface area contributed by atoms with Gasteiger partial charge >= 0.3 is 0 Å². The van der Waals surface area contributed by atoms with Crippen LogP contribution in [0.4, 0.5) is 5.69 Å². The van der Waals surface area contributed by atoms with Crippen molar-refractivity contribution < 1.29 is 4.74 Å². The zero-order chi connectivity index (χ0) is 10.5. The lowest BCUT2D eigenvalue weighted by Gasteiger charge is -2.21. The zero-order valence-electron chi connectivity index (χ0n) is 8.69. The first-order valence-corrected chi connectivity index (χ1v) is 6.25. The van der Waals surface area contributed by atoms with E-state index in [9.17, 15) is 0 Å². The molecule has 0 unspecified atom stereocenters. The van der Waals surface area contributed by atoms with Crippen LogP contribution in [-0.4, -0.2) is 24.0 Å². The number of hydrogen-bond acceptors (Lipinski definition) is 4. The fourth-order valence-corrected chi connectivity index (χ4v) is 2.77. The third kappa shape index (κ3) is 3.11. The number of nitrogens with two attached hydrogens (primary N) is 1. The van der Waals surface area contributed by atoms with Crippen LogP contribution in [0.2, 0.25) is 0 Å². The molecule has 1 aliphatic rings. The van der Waals surface area contributed by atoms with E-state index in [0.717, 1.165) is 35.5 Å². The summed E-state index contributed by atoms with van der Waals surface area (Å²) in [6.45, 7) is 1.83. The van der Waals surface area contributed by atoms with Gasteiger partial charge in [-0.05, 0) is 24.8 Å². The van der Waals surface area contributed by atoms with Gasteiger partial charge in [-0.15, -0.1) is 11.8 Å². The minimum atomic E-state index is 0.774. The summed E-state index contributed by atoms with van der Waals surface area (Å²) in [6, 6.07) is 1.99. The van der Waals surface area contributed by atoms with Crippen LogP contribution in [0.3, 0.4) is 0 Å². The topological polar surface area (TPSA) is 48.1 Å². The second kappa shape index (κ2) is 5.37. The average Bonchev–Trinajstić information content (AvgIpc) is 2.29. The van der Waals surface area contributed by atoms with Crippen LogP contribution in [0.25, 0.3) is 0 Å². The molecule has 0 bridgehead atoms. The van der Waals surface area contributed by atoms with Gasteiger partial charge in [0.15, 0.2) is 0 Å². The minimum Gasteiger partial charge on any atom is -0.397 e. The molecule has 0 aliphatic carbocycles. The molecule has 1 aromatic heterocycles. The summed E-state index contributed by atoms with van der Waals surface area (Å²) < 4.78 is 5.33. The molecular weight excluding hydrogens is 208 g/mol. The molecule has 82 valence electrons. The van der Waals surface area contributed by atoms with E-state index >= 15 is 0 Å². The Hall–Kier alpha value is -0.740. The molecule has 1 saturated heterocycles. The van der Waals surface area contributed by atoms with Gasteiger partial charge in [-0.2, -0.15) is 0 Å². The van der Waals surface area contributed by atoms with E-state index in [1.165, 1.54) is 12.8 Å². The predicted molar refractivity (Wildman–Crippen MR) is 62.9 cm³/mol. The van der Waals surface area contributed by atoms with Crippen molar-refractivity contribution in [3.63, 3.8) is 0 Å². The molecule has 0 atom stereocenters. The maximum atomic E-state index is 5.83. The van der Waals surface area contributed by atoms with E-state index in [1.807, 2.05) is 17.8 Å². The lowest BCUT2D eigenvalue weighted by Crippen LogP contribution is -2.17. The fourth-order valence-electron chi connectivity index (χ4n) is 1.65. The number of nitrogens with zero attached hydrogens (tertiary/aromatic N) is 1. The second-order valence-electron chi connectivity index (χ2n) is 3.78. The maximum absolute atomic E-state index is 5.83. The molecule has 0 saturated carbocycles. The molecule has 0 radical (unpaired) electrons. The van der Waals surface area contributed by atoms with Gasteiger partial charge < -0.3 is 10.5 Å².